The number of methoxy groups -OCH3 is 1. The van der Waals surface area contributed by atoms with Crippen molar-refractivity contribution in [2.24, 2.45) is 0 Å². The first kappa shape index (κ1) is 10.6. The summed E-state index contributed by atoms with van der Waals surface area (Å²) in [5.74, 6) is 0. The minimum Gasteiger partial charge on any atom is -0.385 e. The fraction of sp³-hybridized carbons (Fsp3) is 0.455. The Kier molecular flexibility index (Phi) is 4.87. The van der Waals surface area contributed by atoms with Gasteiger partial charge in [-0.25, -0.2) is 0 Å². The van der Waals surface area contributed by atoms with Gasteiger partial charge < -0.3 is 4.74 Å². The number of halogens is 1. The van der Waals surface area contributed by atoms with Gasteiger partial charge in [-0.3, -0.25) is 0 Å². The van der Waals surface area contributed by atoms with Crippen molar-refractivity contribution in [3.8, 4) is 0 Å². The molecule has 0 saturated heterocycles. The van der Waals surface area contributed by atoms with Crippen molar-refractivity contribution in [1.82, 2.24) is 0 Å². The van der Waals surface area contributed by atoms with Crippen LogP contribution in [0.4, 0.5) is 0 Å². The van der Waals surface area contributed by atoms with Gasteiger partial charge in [-0.05, 0) is 18.4 Å². The Morgan fingerprint density at radius 1 is 1.31 bits per heavy atom. The average Bonchev–Trinajstić information content (AvgIpc) is 2.16. The van der Waals surface area contributed by atoms with E-state index < -0.39 is 0 Å². The highest BCUT2D eigenvalue weighted by Gasteiger charge is 2.04. The number of rotatable bonds is 5. The van der Waals surface area contributed by atoms with Gasteiger partial charge in [-0.15, -0.1) is 11.6 Å². The first-order valence-electron chi connectivity index (χ1n) is 4.50. The fourth-order valence-corrected chi connectivity index (χ4v) is 1.48. The molecule has 0 radical (unpaired) electrons. The van der Waals surface area contributed by atoms with Crippen LogP contribution in [-0.2, 0) is 11.2 Å². The van der Waals surface area contributed by atoms with Gasteiger partial charge in [0.05, 0.1) is 0 Å². The Balaban J connectivity index is 2.32. The predicted octanol–water partition coefficient (Wildman–Crippen LogP) is 2.87. The maximum absolute atomic E-state index is 6.11. The normalized spacial score (nSPS) is 12.8. The highest BCUT2D eigenvalue weighted by Crippen LogP contribution is 2.10. The first-order valence-corrected chi connectivity index (χ1v) is 4.93. The van der Waals surface area contributed by atoms with Crippen LogP contribution in [0.3, 0.4) is 0 Å². The van der Waals surface area contributed by atoms with Crippen LogP contribution in [0.15, 0.2) is 30.3 Å². The van der Waals surface area contributed by atoms with Crippen LogP contribution in [0.25, 0.3) is 0 Å². The van der Waals surface area contributed by atoms with Gasteiger partial charge in [0, 0.05) is 19.1 Å². The van der Waals surface area contributed by atoms with Gasteiger partial charge in [0.1, 0.15) is 0 Å². The smallest absolute Gasteiger partial charge is 0.0476 e. The molecule has 1 aromatic carbocycles. The Morgan fingerprint density at radius 2 is 2.00 bits per heavy atom. The van der Waals surface area contributed by atoms with Crippen molar-refractivity contribution < 1.29 is 4.74 Å². The summed E-state index contributed by atoms with van der Waals surface area (Å²) in [5, 5.41) is 0.183. The molecular weight excluding hydrogens is 184 g/mol. The standard InChI is InChI=1S/C11H15ClO/c1-13-8-7-11(12)9-10-5-3-2-4-6-10/h2-6,11H,7-9H2,1H3. The first-order chi connectivity index (χ1) is 6.33. The summed E-state index contributed by atoms with van der Waals surface area (Å²) in [6, 6.07) is 10.3. The van der Waals surface area contributed by atoms with E-state index in [-0.39, 0.29) is 5.38 Å². The highest BCUT2D eigenvalue weighted by atomic mass is 35.5. The Bertz CT molecular complexity index is 223. The molecule has 1 aromatic rings. The molecule has 0 amide bonds. The van der Waals surface area contributed by atoms with Gasteiger partial charge >= 0.3 is 0 Å². The Labute approximate surface area is 84.7 Å². The number of alkyl halides is 1. The molecule has 2 heteroatoms. The van der Waals surface area contributed by atoms with E-state index in [9.17, 15) is 0 Å². The average molecular weight is 199 g/mol. The molecule has 1 unspecified atom stereocenters. The van der Waals surface area contributed by atoms with Crippen molar-refractivity contribution in [3.63, 3.8) is 0 Å². The molecule has 0 aromatic heterocycles. The largest absolute Gasteiger partial charge is 0.385 e. The lowest BCUT2D eigenvalue weighted by Gasteiger charge is -2.08. The minimum absolute atomic E-state index is 0.183. The van der Waals surface area contributed by atoms with E-state index >= 15 is 0 Å². The molecule has 0 aliphatic heterocycles. The highest BCUT2D eigenvalue weighted by molar-refractivity contribution is 6.20. The molecule has 0 spiro atoms. The third-order valence-corrected chi connectivity index (χ3v) is 2.31. The summed E-state index contributed by atoms with van der Waals surface area (Å²) < 4.78 is 4.97. The molecule has 0 saturated carbocycles. The quantitative estimate of drug-likeness (QED) is 0.662. The lowest BCUT2D eigenvalue weighted by molar-refractivity contribution is 0.194. The summed E-state index contributed by atoms with van der Waals surface area (Å²) in [6.07, 6.45) is 1.83. The van der Waals surface area contributed by atoms with Gasteiger partial charge in [0.2, 0.25) is 0 Å². The number of ether oxygens (including phenoxy) is 1. The van der Waals surface area contributed by atoms with Crippen LogP contribution in [0.1, 0.15) is 12.0 Å². The summed E-state index contributed by atoms with van der Waals surface area (Å²) in [6.45, 7) is 0.737. The second-order valence-electron chi connectivity index (χ2n) is 3.07. The molecule has 0 aliphatic rings. The number of hydrogen-bond donors (Lipinski definition) is 0. The van der Waals surface area contributed by atoms with E-state index in [1.54, 1.807) is 7.11 Å². The van der Waals surface area contributed by atoms with Crippen molar-refractivity contribution in [1.29, 1.82) is 0 Å². The van der Waals surface area contributed by atoms with Gasteiger partial charge in [-0.2, -0.15) is 0 Å². The second-order valence-corrected chi connectivity index (χ2v) is 3.69. The second kappa shape index (κ2) is 6.01. The van der Waals surface area contributed by atoms with E-state index in [4.69, 9.17) is 16.3 Å². The molecule has 0 bridgehead atoms. The van der Waals surface area contributed by atoms with E-state index in [2.05, 4.69) is 12.1 Å². The summed E-state index contributed by atoms with van der Waals surface area (Å²) in [5.41, 5.74) is 1.29. The zero-order valence-electron chi connectivity index (χ0n) is 7.87. The zero-order chi connectivity index (χ0) is 9.52. The summed E-state index contributed by atoms with van der Waals surface area (Å²) in [4.78, 5) is 0. The maximum Gasteiger partial charge on any atom is 0.0476 e. The van der Waals surface area contributed by atoms with Crippen LogP contribution in [0.5, 0.6) is 0 Å². The lowest BCUT2D eigenvalue weighted by atomic mass is 10.1. The van der Waals surface area contributed by atoms with E-state index in [1.807, 2.05) is 18.2 Å². The molecule has 1 atom stereocenters. The van der Waals surface area contributed by atoms with E-state index in [0.29, 0.717) is 0 Å². The molecule has 13 heavy (non-hydrogen) atoms. The summed E-state index contributed by atoms with van der Waals surface area (Å²) in [7, 11) is 1.70. The SMILES string of the molecule is COCCC(Cl)Cc1ccccc1. The van der Waals surface area contributed by atoms with Crippen LogP contribution < -0.4 is 0 Å². The van der Waals surface area contributed by atoms with E-state index in [1.165, 1.54) is 5.56 Å². The van der Waals surface area contributed by atoms with Crippen molar-refractivity contribution >= 4 is 11.6 Å². The molecular formula is C11H15ClO. The number of benzene rings is 1. The molecule has 0 fully saturated rings. The Morgan fingerprint density at radius 3 is 2.62 bits per heavy atom. The van der Waals surface area contributed by atoms with Crippen molar-refractivity contribution in [2.75, 3.05) is 13.7 Å². The predicted molar refractivity (Wildman–Crippen MR) is 56.3 cm³/mol. The fourth-order valence-electron chi connectivity index (χ4n) is 1.22. The summed E-state index contributed by atoms with van der Waals surface area (Å²) >= 11 is 6.11. The van der Waals surface area contributed by atoms with Crippen molar-refractivity contribution in [2.45, 2.75) is 18.2 Å². The van der Waals surface area contributed by atoms with Crippen LogP contribution in [-0.4, -0.2) is 19.1 Å². The number of hydrogen-bond acceptors (Lipinski definition) is 1. The van der Waals surface area contributed by atoms with Gasteiger partial charge in [-0.1, -0.05) is 30.3 Å². The minimum atomic E-state index is 0.183. The molecule has 1 nitrogen and oxygen atoms in total. The molecule has 0 N–H and O–H groups in total. The van der Waals surface area contributed by atoms with Crippen LogP contribution >= 0.6 is 11.6 Å². The molecule has 72 valence electrons. The van der Waals surface area contributed by atoms with Crippen molar-refractivity contribution in [3.05, 3.63) is 35.9 Å². The topological polar surface area (TPSA) is 9.23 Å². The monoisotopic (exact) mass is 198 g/mol. The molecule has 0 aliphatic carbocycles. The third-order valence-electron chi connectivity index (χ3n) is 1.94. The molecule has 1 rings (SSSR count). The van der Waals surface area contributed by atoms with Crippen LogP contribution in [0.2, 0.25) is 0 Å². The third kappa shape index (κ3) is 4.30. The maximum atomic E-state index is 6.11. The van der Waals surface area contributed by atoms with Crippen LogP contribution in [0, 0.1) is 0 Å². The van der Waals surface area contributed by atoms with Gasteiger partial charge in [0.15, 0.2) is 0 Å². The van der Waals surface area contributed by atoms with Gasteiger partial charge in [0.25, 0.3) is 0 Å². The van der Waals surface area contributed by atoms with E-state index in [0.717, 1.165) is 19.4 Å². The molecule has 0 heterocycles. The zero-order valence-corrected chi connectivity index (χ0v) is 8.63. The lowest BCUT2D eigenvalue weighted by Crippen LogP contribution is -2.06. The Hall–Kier alpha value is -0.530.